The van der Waals surface area contributed by atoms with Gasteiger partial charge in [-0.2, -0.15) is 0 Å². The lowest BCUT2D eigenvalue weighted by Crippen LogP contribution is -2.42. The third-order valence-corrected chi connectivity index (χ3v) is 5.58. The van der Waals surface area contributed by atoms with E-state index in [0.717, 1.165) is 0 Å². The Morgan fingerprint density at radius 2 is 1.97 bits per heavy atom. The standard InChI is InChI=1S/C23H20BrNO7/c1-28-14-6-8-18-16(11-14)20(26)22(32-23(27)25-12-15-4-3-9-30-15)21(31-18)13-5-7-19(29-2)17(24)10-13/h3-11,21-22H,12H2,1-2H3,(H,25,27)/t21-,22+/m0/s1. The van der Waals surface area contributed by atoms with E-state index < -0.39 is 24.1 Å². The number of fused-ring (bicyclic) bond motifs is 1. The number of furan rings is 1. The molecule has 9 heteroatoms. The summed E-state index contributed by atoms with van der Waals surface area (Å²) in [6, 6.07) is 13.6. The van der Waals surface area contributed by atoms with Crippen LogP contribution in [0.15, 0.2) is 63.7 Å². The predicted molar refractivity (Wildman–Crippen MR) is 117 cm³/mol. The van der Waals surface area contributed by atoms with Crippen LogP contribution in [0.1, 0.15) is 27.8 Å². The van der Waals surface area contributed by atoms with Gasteiger partial charge in [0.25, 0.3) is 0 Å². The summed E-state index contributed by atoms with van der Waals surface area (Å²) < 4.78 is 28.0. The highest BCUT2D eigenvalue weighted by Crippen LogP contribution is 2.40. The highest BCUT2D eigenvalue weighted by Gasteiger charge is 2.41. The number of rotatable bonds is 6. The molecule has 0 unspecified atom stereocenters. The molecular formula is C23H20BrNO7. The molecule has 0 bridgehead atoms. The topological polar surface area (TPSA) is 96.2 Å². The Labute approximate surface area is 192 Å². The third kappa shape index (κ3) is 4.43. The largest absolute Gasteiger partial charge is 0.497 e. The van der Waals surface area contributed by atoms with Gasteiger partial charge >= 0.3 is 6.09 Å². The fourth-order valence-corrected chi connectivity index (χ4v) is 3.93. The van der Waals surface area contributed by atoms with E-state index in [1.165, 1.54) is 13.4 Å². The summed E-state index contributed by atoms with van der Waals surface area (Å²) in [5.74, 6) is 1.65. The summed E-state index contributed by atoms with van der Waals surface area (Å²) in [5, 5.41) is 2.58. The molecule has 1 N–H and O–H groups in total. The second-order valence-corrected chi connectivity index (χ2v) is 7.77. The second kappa shape index (κ2) is 9.35. The van der Waals surface area contributed by atoms with Gasteiger partial charge in [-0.25, -0.2) is 4.79 Å². The molecule has 2 atom stereocenters. The van der Waals surface area contributed by atoms with Gasteiger partial charge in [-0.1, -0.05) is 6.07 Å². The lowest BCUT2D eigenvalue weighted by Gasteiger charge is -2.32. The summed E-state index contributed by atoms with van der Waals surface area (Å²) in [6.45, 7) is 0.122. The van der Waals surface area contributed by atoms with Crippen molar-refractivity contribution in [3.8, 4) is 17.2 Å². The van der Waals surface area contributed by atoms with Crippen molar-refractivity contribution in [3.63, 3.8) is 0 Å². The first-order chi connectivity index (χ1) is 15.5. The molecule has 4 rings (SSSR count). The molecule has 0 radical (unpaired) electrons. The zero-order chi connectivity index (χ0) is 22.7. The summed E-state index contributed by atoms with van der Waals surface area (Å²) in [5.41, 5.74) is 0.910. The van der Waals surface area contributed by atoms with Crippen LogP contribution in [0.4, 0.5) is 4.79 Å². The minimum Gasteiger partial charge on any atom is -0.497 e. The van der Waals surface area contributed by atoms with Crippen LogP contribution in [-0.2, 0) is 11.3 Å². The van der Waals surface area contributed by atoms with Crippen LogP contribution in [0, 0.1) is 0 Å². The van der Waals surface area contributed by atoms with E-state index in [1.807, 2.05) is 0 Å². The van der Waals surface area contributed by atoms with Gasteiger partial charge in [-0.15, -0.1) is 0 Å². The van der Waals surface area contributed by atoms with E-state index in [4.69, 9.17) is 23.4 Å². The number of ether oxygens (including phenoxy) is 4. The Morgan fingerprint density at radius 1 is 1.12 bits per heavy atom. The molecule has 166 valence electrons. The molecule has 1 aliphatic rings. The van der Waals surface area contributed by atoms with Gasteiger partial charge in [-0.3, -0.25) is 4.79 Å². The van der Waals surface area contributed by atoms with Crippen molar-refractivity contribution in [2.24, 2.45) is 0 Å². The maximum Gasteiger partial charge on any atom is 0.408 e. The monoisotopic (exact) mass is 501 g/mol. The number of ketones is 1. The Kier molecular flexibility index (Phi) is 6.36. The van der Waals surface area contributed by atoms with Gasteiger partial charge < -0.3 is 28.7 Å². The maximum absolute atomic E-state index is 13.3. The number of carbonyl (C=O) groups is 2. The Balaban J connectivity index is 1.64. The van der Waals surface area contributed by atoms with Gasteiger partial charge in [-0.05, 0) is 64.0 Å². The molecule has 1 amide bonds. The van der Waals surface area contributed by atoms with E-state index in [9.17, 15) is 9.59 Å². The van der Waals surface area contributed by atoms with E-state index in [2.05, 4.69) is 21.2 Å². The lowest BCUT2D eigenvalue weighted by atomic mass is 9.93. The van der Waals surface area contributed by atoms with Crippen LogP contribution in [0.25, 0.3) is 0 Å². The van der Waals surface area contributed by atoms with Crippen LogP contribution in [0.3, 0.4) is 0 Å². The number of alkyl carbamates (subject to hydrolysis) is 1. The van der Waals surface area contributed by atoms with Crippen LogP contribution in [0.2, 0.25) is 0 Å². The molecule has 1 aromatic heterocycles. The number of hydrogen-bond donors (Lipinski definition) is 1. The Bertz CT molecular complexity index is 1130. The zero-order valence-electron chi connectivity index (χ0n) is 17.3. The molecule has 8 nitrogen and oxygen atoms in total. The summed E-state index contributed by atoms with van der Waals surface area (Å²) in [6.07, 6.45) is -1.35. The van der Waals surface area contributed by atoms with E-state index in [-0.39, 0.29) is 12.1 Å². The van der Waals surface area contributed by atoms with Gasteiger partial charge in [0.15, 0.2) is 6.10 Å². The number of carbonyl (C=O) groups excluding carboxylic acids is 2. The van der Waals surface area contributed by atoms with Crippen molar-refractivity contribution in [1.82, 2.24) is 5.32 Å². The molecule has 1 aliphatic heterocycles. The van der Waals surface area contributed by atoms with Crippen LogP contribution >= 0.6 is 15.9 Å². The van der Waals surface area contributed by atoms with Gasteiger partial charge in [0.05, 0.1) is 37.1 Å². The first-order valence-corrected chi connectivity index (χ1v) is 10.5. The molecule has 0 spiro atoms. The number of Topliss-reactive ketones (excluding diaryl/α,β-unsaturated/α-hetero) is 1. The SMILES string of the molecule is COc1ccc2c(c1)C(=O)[C@@H](OC(=O)NCc1ccco1)[C@H](c1ccc(OC)c(Br)c1)O2. The molecule has 2 aromatic carbocycles. The predicted octanol–water partition coefficient (Wildman–Crippen LogP) is 4.67. The normalized spacial score (nSPS) is 17.2. The highest BCUT2D eigenvalue weighted by molar-refractivity contribution is 9.10. The zero-order valence-corrected chi connectivity index (χ0v) is 18.9. The molecular weight excluding hydrogens is 482 g/mol. The molecule has 32 heavy (non-hydrogen) atoms. The van der Waals surface area contributed by atoms with Gasteiger partial charge in [0.2, 0.25) is 11.9 Å². The van der Waals surface area contributed by atoms with Crippen molar-refractivity contribution < 1.29 is 33.0 Å². The molecule has 3 aromatic rings. The molecule has 0 aliphatic carbocycles. The number of nitrogens with one attached hydrogen (secondary N) is 1. The quantitative estimate of drug-likeness (QED) is 0.524. The van der Waals surface area contributed by atoms with Crippen molar-refractivity contribution in [2.45, 2.75) is 18.8 Å². The van der Waals surface area contributed by atoms with E-state index >= 15 is 0 Å². The summed E-state index contributed by atoms with van der Waals surface area (Å²) in [4.78, 5) is 25.8. The smallest absolute Gasteiger partial charge is 0.408 e. The van der Waals surface area contributed by atoms with Crippen molar-refractivity contribution in [2.75, 3.05) is 14.2 Å². The minimum atomic E-state index is -1.22. The maximum atomic E-state index is 13.3. The second-order valence-electron chi connectivity index (χ2n) is 6.92. The van der Waals surface area contributed by atoms with Crippen LogP contribution in [0.5, 0.6) is 17.2 Å². The number of methoxy groups -OCH3 is 2. The van der Waals surface area contributed by atoms with Crippen LogP contribution < -0.4 is 19.5 Å². The van der Waals surface area contributed by atoms with E-state index in [1.54, 1.807) is 55.6 Å². The Morgan fingerprint density at radius 3 is 2.66 bits per heavy atom. The average molecular weight is 502 g/mol. The first-order valence-electron chi connectivity index (χ1n) is 9.69. The molecule has 0 saturated carbocycles. The molecule has 0 saturated heterocycles. The minimum absolute atomic E-state index is 0.122. The summed E-state index contributed by atoms with van der Waals surface area (Å²) >= 11 is 3.44. The summed E-state index contributed by atoms with van der Waals surface area (Å²) in [7, 11) is 3.06. The van der Waals surface area contributed by atoms with Crippen molar-refractivity contribution >= 4 is 27.8 Å². The fraction of sp³-hybridized carbons (Fsp3) is 0.217. The average Bonchev–Trinajstić information content (AvgIpc) is 3.33. The van der Waals surface area contributed by atoms with E-state index in [0.29, 0.717) is 33.0 Å². The van der Waals surface area contributed by atoms with Crippen LogP contribution in [-0.4, -0.2) is 32.2 Å². The lowest BCUT2D eigenvalue weighted by molar-refractivity contribution is 0.00878. The number of halogens is 1. The first kappa shape index (κ1) is 21.8. The number of hydrogen-bond acceptors (Lipinski definition) is 7. The fourth-order valence-electron chi connectivity index (χ4n) is 3.37. The van der Waals surface area contributed by atoms with Gasteiger partial charge in [0, 0.05) is 0 Å². The Hall–Kier alpha value is -3.46. The van der Waals surface area contributed by atoms with Crippen molar-refractivity contribution in [3.05, 3.63) is 76.2 Å². The highest BCUT2D eigenvalue weighted by atomic mass is 79.9. The molecule has 2 heterocycles. The number of benzene rings is 2. The van der Waals surface area contributed by atoms with Gasteiger partial charge in [0.1, 0.15) is 23.0 Å². The van der Waals surface area contributed by atoms with Crippen molar-refractivity contribution in [1.29, 1.82) is 0 Å². The third-order valence-electron chi connectivity index (χ3n) is 4.96. The molecule has 0 fully saturated rings. The number of amides is 1.